The van der Waals surface area contributed by atoms with E-state index in [1.807, 2.05) is 0 Å². The molecule has 0 heterocycles. The van der Waals surface area contributed by atoms with Crippen molar-refractivity contribution in [1.82, 2.24) is 5.32 Å². The van der Waals surface area contributed by atoms with Crippen molar-refractivity contribution < 1.29 is 0 Å². The average Bonchev–Trinajstić information content (AvgIpc) is 2.29. The Balaban J connectivity index is 2.85. The van der Waals surface area contributed by atoms with Crippen LogP contribution in [-0.4, -0.2) is 7.05 Å². The molecule has 17 heavy (non-hydrogen) atoms. The fourth-order valence-corrected chi connectivity index (χ4v) is 2.59. The number of hydrogen-bond donors (Lipinski definition) is 1. The quantitative estimate of drug-likeness (QED) is 0.768. The molecule has 1 unspecified atom stereocenters. The highest BCUT2D eigenvalue weighted by Crippen LogP contribution is 2.26. The van der Waals surface area contributed by atoms with Gasteiger partial charge in [0.25, 0.3) is 0 Å². The summed E-state index contributed by atoms with van der Waals surface area (Å²) >= 11 is 0. The first-order valence-corrected chi connectivity index (χ1v) is 6.86. The van der Waals surface area contributed by atoms with Gasteiger partial charge in [-0.05, 0) is 38.8 Å². The largest absolute Gasteiger partial charge is 0.313 e. The third kappa shape index (κ3) is 4.16. The van der Waals surface area contributed by atoms with E-state index < -0.39 is 0 Å². The molecule has 1 rings (SSSR count). The van der Waals surface area contributed by atoms with Crippen LogP contribution in [0.4, 0.5) is 0 Å². The van der Waals surface area contributed by atoms with Gasteiger partial charge in [-0.3, -0.25) is 0 Å². The number of aryl methyl sites for hydroxylation is 2. The molecular formula is C16H27N. The molecule has 0 aliphatic rings. The average molecular weight is 233 g/mol. The molecule has 0 fully saturated rings. The van der Waals surface area contributed by atoms with Gasteiger partial charge >= 0.3 is 0 Å². The molecule has 0 aliphatic heterocycles. The number of hydrogen-bond acceptors (Lipinski definition) is 1. The molecule has 1 heteroatoms. The monoisotopic (exact) mass is 233 g/mol. The highest BCUT2D eigenvalue weighted by atomic mass is 14.9. The molecular weight excluding hydrogens is 206 g/mol. The zero-order chi connectivity index (χ0) is 12.8. The van der Waals surface area contributed by atoms with Crippen LogP contribution in [0.15, 0.2) is 18.2 Å². The van der Waals surface area contributed by atoms with Gasteiger partial charge in [0.15, 0.2) is 0 Å². The van der Waals surface area contributed by atoms with Gasteiger partial charge in [-0.25, -0.2) is 0 Å². The maximum absolute atomic E-state index is 3.47. The van der Waals surface area contributed by atoms with Gasteiger partial charge in [-0.2, -0.15) is 0 Å². The molecule has 0 radical (unpaired) electrons. The van der Waals surface area contributed by atoms with Crippen LogP contribution in [0.2, 0.25) is 0 Å². The third-order valence-electron chi connectivity index (χ3n) is 3.72. The summed E-state index contributed by atoms with van der Waals surface area (Å²) in [5.74, 6) is 0.827. The minimum atomic E-state index is 0.499. The van der Waals surface area contributed by atoms with Crippen molar-refractivity contribution in [3.05, 3.63) is 34.9 Å². The van der Waals surface area contributed by atoms with Gasteiger partial charge in [-0.15, -0.1) is 0 Å². The normalized spacial score (nSPS) is 13.1. The molecule has 0 bridgehead atoms. The second kappa shape index (κ2) is 6.80. The molecule has 0 aromatic heterocycles. The Labute approximate surface area is 107 Å². The van der Waals surface area contributed by atoms with Crippen LogP contribution >= 0.6 is 0 Å². The maximum Gasteiger partial charge on any atom is 0.0320 e. The van der Waals surface area contributed by atoms with E-state index >= 15 is 0 Å². The summed E-state index contributed by atoms with van der Waals surface area (Å²) in [5.41, 5.74) is 4.17. The lowest BCUT2D eigenvalue weighted by Crippen LogP contribution is -2.20. The molecule has 1 aromatic carbocycles. The maximum atomic E-state index is 3.47. The Kier molecular flexibility index (Phi) is 5.70. The van der Waals surface area contributed by atoms with Crippen molar-refractivity contribution in [3.63, 3.8) is 0 Å². The summed E-state index contributed by atoms with van der Waals surface area (Å²) in [6.45, 7) is 8.95. The van der Waals surface area contributed by atoms with Gasteiger partial charge in [0, 0.05) is 6.04 Å². The Hall–Kier alpha value is -0.820. The zero-order valence-electron chi connectivity index (χ0n) is 12.0. The van der Waals surface area contributed by atoms with E-state index in [2.05, 4.69) is 58.3 Å². The van der Waals surface area contributed by atoms with Crippen LogP contribution in [0.3, 0.4) is 0 Å². The predicted molar refractivity (Wildman–Crippen MR) is 76.4 cm³/mol. The highest BCUT2D eigenvalue weighted by molar-refractivity contribution is 5.30. The van der Waals surface area contributed by atoms with Gasteiger partial charge < -0.3 is 5.32 Å². The smallest absolute Gasteiger partial charge is 0.0320 e. The molecule has 96 valence electrons. The minimum Gasteiger partial charge on any atom is -0.313 e. The minimum absolute atomic E-state index is 0.499. The van der Waals surface area contributed by atoms with E-state index in [4.69, 9.17) is 0 Å². The van der Waals surface area contributed by atoms with Crippen molar-refractivity contribution in [2.45, 2.75) is 53.0 Å². The Morgan fingerprint density at radius 3 is 1.94 bits per heavy atom. The second-order valence-corrected chi connectivity index (χ2v) is 5.18. The van der Waals surface area contributed by atoms with Crippen LogP contribution in [0.1, 0.15) is 55.8 Å². The Morgan fingerprint density at radius 2 is 1.53 bits per heavy atom. The van der Waals surface area contributed by atoms with Crippen LogP contribution in [-0.2, 0) is 0 Å². The van der Waals surface area contributed by atoms with Crippen LogP contribution in [0, 0.1) is 19.8 Å². The van der Waals surface area contributed by atoms with E-state index in [9.17, 15) is 0 Å². The van der Waals surface area contributed by atoms with E-state index in [-0.39, 0.29) is 0 Å². The van der Waals surface area contributed by atoms with E-state index in [0.717, 1.165) is 5.92 Å². The third-order valence-corrected chi connectivity index (χ3v) is 3.72. The molecule has 0 saturated carbocycles. The van der Waals surface area contributed by atoms with Crippen molar-refractivity contribution >= 4 is 0 Å². The summed E-state index contributed by atoms with van der Waals surface area (Å²) in [4.78, 5) is 0. The summed E-state index contributed by atoms with van der Waals surface area (Å²) in [7, 11) is 2.07. The summed E-state index contributed by atoms with van der Waals surface area (Å²) in [5, 5.41) is 3.47. The van der Waals surface area contributed by atoms with E-state index in [1.54, 1.807) is 0 Å². The lowest BCUT2D eigenvalue weighted by atomic mass is 9.90. The highest BCUT2D eigenvalue weighted by Gasteiger charge is 2.14. The molecule has 1 N–H and O–H groups in total. The Bertz CT molecular complexity index is 319. The van der Waals surface area contributed by atoms with Crippen LogP contribution in [0.25, 0.3) is 0 Å². The van der Waals surface area contributed by atoms with E-state index in [1.165, 1.54) is 36.0 Å². The van der Waals surface area contributed by atoms with Gasteiger partial charge in [0.1, 0.15) is 0 Å². The standard InChI is InChI=1S/C16H27N/c1-6-14(7-2)11-16(17-5)15-9-12(3)8-13(4)10-15/h8-10,14,16-17H,6-7,11H2,1-5H3. The first-order chi connectivity index (χ1) is 8.10. The SMILES string of the molecule is CCC(CC)CC(NC)c1cc(C)cc(C)c1. The van der Waals surface area contributed by atoms with Gasteiger partial charge in [0.05, 0.1) is 0 Å². The molecule has 1 atom stereocenters. The Morgan fingerprint density at radius 1 is 1.00 bits per heavy atom. The zero-order valence-corrected chi connectivity index (χ0v) is 12.0. The molecule has 0 saturated heterocycles. The van der Waals surface area contributed by atoms with Crippen molar-refractivity contribution in [1.29, 1.82) is 0 Å². The molecule has 0 spiro atoms. The van der Waals surface area contributed by atoms with Crippen molar-refractivity contribution in [2.24, 2.45) is 5.92 Å². The van der Waals surface area contributed by atoms with Gasteiger partial charge in [-0.1, -0.05) is 56.0 Å². The molecule has 1 aromatic rings. The number of benzene rings is 1. The van der Waals surface area contributed by atoms with Crippen molar-refractivity contribution in [2.75, 3.05) is 7.05 Å². The molecule has 1 nitrogen and oxygen atoms in total. The first kappa shape index (κ1) is 14.2. The fraction of sp³-hybridized carbons (Fsp3) is 0.625. The molecule has 0 aliphatic carbocycles. The number of rotatable bonds is 6. The van der Waals surface area contributed by atoms with Crippen molar-refractivity contribution in [3.8, 4) is 0 Å². The summed E-state index contributed by atoms with van der Waals surface area (Å²) in [6, 6.07) is 7.37. The fourth-order valence-electron chi connectivity index (χ4n) is 2.59. The summed E-state index contributed by atoms with van der Waals surface area (Å²) < 4.78 is 0. The van der Waals surface area contributed by atoms with Gasteiger partial charge in [0.2, 0.25) is 0 Å². The topological polar surface area (TPSA) is 12.0 Å². The first-order valence-electron chi connectivity index (χ1n) is 6.86. The summed E-state index contributed by atoms with van der Waals surface area (Å²) in [6.07, 6.45) is 3.80. The van der Waals surface area contributed by atoms with Crippen LogP contribution in [0.5, 0.6) is 0 Å². The predicted octanol–water partition coefficient (Wildman–Crippen LogP) is 4.39. The molecule has 0 amide bonds. The number of nitrogens with one attached hydrogen (secondary N) is 1. The lowest BCUT2D eigenvalue weighted by molar-refractivity contribution is 0.385. The van der Waals surface area contributed by atoms with E-state index in [0.29, 0.717) is 6.04 Å². The second-order valence-electron chi connectivity index (χ2n) is 5.18. The van der Waals surface area contributed by atoms with Crippen LogP contribution < -0.4 is 5.32 Å². The lowest BCUT2D eigenvalue weighted by Gasteiger charge is -2.22.